The maximum absolute atomic E-state index is 12.6. The quantitative estimate of drug-likeness (QED) is 0.844. The Morgan fingerprint density at radius 2 is 2.09 bits per heavy atom. The molecule has 1 fully saturated rings. The second kappa shape index (κ2) is 7.15. The first-order chi connectivity index (χ1) is 10.4. The fourth-order valence-electron chi connectivity index (χ4n) is 3.09. The highest BCUT2D eigenvalue weighted by molar-refractivity contribution is 7.89. The molecular formula is C15H22Cl2N2O3S. The Hall–Kier alpha value is -0.530. The fourth-order valence-corrected chi connectivity index (χ4v) is 4.86. The second-order valence-corrected chi connectivity index (χ2v) is 8.26. The van der Waals surface area contributed by atoms with E-state index >= 15 is 0 Å². The van der Waals surface area contributed by atoms with E-state index < -0.39 is 10.0 Å². The van der Waals surface area contributed by atoms with Crippen molar-refractivity contribution >= 4 is 34.0 Å². The molecule has 0 radical (unpaired) electrons. The summed E-state index contributed by atoms with van der Waals surface area (Å²) < 4.78 is 33.7. The Morgan fingerprint density at radius 1 is 1.35 bits per heavy atom. The van der Waals surface area contributed by atoms with Crippen molar-refractivity contribution in [2.75, 3.05) is 6.54 Å². The Morgan fingerprint density at radius 3 is 2.78 bits per heavy atom. The number of fused-ring (bicyclic) bond motifs is 1. The van der Waals surface area contributed by atoms with Crippen molar-refractivity contribution in [3.05, 3.63) is 22.7 Å². The van der Waals surface area contributed by atoms with Gasteiger partial charge < -0.3 is 10.1 Å². The summed E-state index contributed by atoms with van der Waals surface area (Å²) in [6.45, 7) is 4.87. The lowest BCUT2D eigenvalue weighted by atomic mass is 10.0. The molecule has 0 bridgehead atoms. The average Bonchev–Trinajstić information content (AvgIpc) is 2.82. The van der Waals surface area contributed by atoms with E-state index in [-0.39, 0.29) is 35.5 Å². The molecule has 0 aromatic heterocycles. The van der Waals surface area contributed by atoms with Gasteiger partial charge in [-0.3, -0.25) is 0 Å². The highest BCUT2D eigenvalue weighted by atomic mass is 35.5. The van der Waals surface area contributed by atoms with E-state index in [1.807, 2.05) is 13.8 Å². The molecule has 0 spiro atoms. The minimum atomic E-state index is -3.58. The molecule has 8 heteroatoms. The van der Waals surface area contributed by atoms with Crippen molar-refractivity contribution in [3.63, 3.8) is 0 Å². The van der Waals surface area contributed by atoms with E-state index in [2.05, 4.69) is 10.0 Å². The zero-order valence-electron chi connectivity index (χ0n) is 13.1. The normalized spacial score (nSPS) is 27.0. The number of halogens is 2. The summed E-state index contributed by atoms with van der Waals surface area (Å²) in [4.78, 5) is 0.215. The van der Waals surface area contributed by atoms with Crippen LogP contribution in [-0.2, 0) is 16.4 Å². The fraction of sp³-hybridized carbons (Fsp3) is 0.600. The third-order valence-electron chi connectivity index (χ3n) is 4.30. The SMILES string of the molecule is CC1Cc2cc(S(=O)(=O)NC3CCCNC3C)cc(Cl)c2O1.Cl. The first kappa shape index (κ1) is 18.8. The molecule has 0 aliphatic carbocycles. The number of hydrogen-bond acceptors (Lipinski definition) is 4. The van der Waals surface area contributed by atoms with Gasteiger partial charge in [-0.25, -0.2) is 13.1 Å². The Kier molecular flexibility index (Phi) is 5.85. The molecule has 1 saturated heterocycles. The van der Waals surface area contributed by atoms with Crippen LogP contribution in [0.3, 0.4) is 0 Å². The predicted molar refractivity (Wildman–Crippen MR) is 93.3 cm³/mol. The molecule has 0 amide bonds. The number of piperidine rings is 1. The predicted octanol–water partition coefficient (Wildman–Crippen LogP) is 2.50. The van der Waals surface area contributed by atoms with Crippen molar-refractivity contribution in [1.29, 1.82) is 0 Å². The second-order valence-electron chi connectivity index (χ2n) is 6.14. The van der Waals surface area contributed by atoms with Gasteiger partial charge in [0.2, 0.25) is 10.0 Å². The largest absolute Gasteiger partial charge is 0.489 e. The van der Waals surface area contributed by atoms with Crippen molar-refractivity contribution < 1.29 is 13.2 Å². The molecule has 2 aliphatic rings. The summed E-state index contributed by atoms with van der Waals surface area (Å²) in [5, 5.41) is 3.65. The van der Waals surface area contributed by atoms with Gasteiger partial charge in [-0.1, -0.05) is 11.6 Å². The summed E-state index contributed by atoms with van der Waals surface area (Å²) in [5.74, 6) is 0.612. The standard InChI is InChI=1S/C15H21ClN2O3S.ClH/c1-9-6-11-7-12(8-13(16)15(11)21-9)22(19,20)18-14-4-3-5-17-10(14)2;/h7-10,14,17-18H,3-6H2,1-2H3;1H. The maximum atomic E-state index is 12.6. The number of benzene rings is 1. The minimum Gasteiger partial charge on any atom is -0.489 e. The first-order valence-electron chi connectivity index (χ1n) is 7.61. The molecule has 130 valence electrons. The van der Waals surface area contributed by atoms with Gasteiger partial charge in [-0.05, 0) is 45.4 Å². The Balaban J connectivity index is 0.00000192. The van der Waals surface area contributed by atoms with Gasteiger partial charge in [0, 0.05) is 24.1 Å². The molecule has 2 N–H and O–H groups in total. The summed E-state index contributed by atoms with van der Waals surface area (Å²) in [6, 6.07) is 3.17. The third-order valence-corrected chi connectivity index (χ3v) is 6.05. The zero-order valence-corrected chi connectivity index (χ0v) is 15.5. The molecule has 1 aromatic carbocycles. The van der Waals surface area contributed by atoms with Crippen LogP contribution in [0.1, 0.15) is 32.3 Å². The molecule has 2 heterocycles. The van der Waals surface area contributed by atoms with Crippen molar-refractivity contribution in [2.45, 2.75) is 56.2 Å². The van der Waals surface area contributed by atoms with Gasteiger partial charge in [-0.15, -0.1) is 12.4 Å². The van der Waals surface area contributed by atoms with Gasteiger partial charge in [0.1, 0.15) is 11.9 Å². The lowest BCUT2D eigenvalue weighted by Gasteiger charge is -2.30. The zero-order chi connectivity index (χ0) is 15.9. The van der Waals surface area contributed by atoms with E-state index in [0.29, 0.717) is 17.2 Å². The molecule has 5 nitrogen and oxygen atoms in total. The van der Waals surface area contributed by atoms with Crippen molar-refractivity contribution in [2.24, 2.45) is 0 Å². The number of sulfonamides is 1. The molecule has 0 saturated carbocycles. The van der Waals surface area contributed by atoms with Crippen molar-refractivity contribution in [3.8, 4) is 5.75 Å². The Bertz CT molecular complexity index is 682. The lowest BCUT2D eigenvalue weighted by molar-refractivity contribution is 0.255. The molecule has 23 heavy (non-hydrogen) atoms. The first-order valence-corrected chi connectivity index (χ1v) is 9.48. The van der Waals surface area contributed by atoms with Crippen LogP contribution in [0.2, 0.25) is 5.02 Å². The number of rotatable bonds is 3. The van der Waals surface area contributed by atoms with Crippen LogP contribution in [0.25, 0.3) is 0 Å². The van der Waals surface area contributed by atoms with Crippen LogP contribution >= 0.6 is 24.0 Å². The Labute approximate surface area is 148 Å². The molecule has 3 atom stereocenters. The number of ether oxygens (including phenoxy) is 1. The highest BCUT2D eigenvalue weighted by Gasteiger charge is 2.29. The molecular weight excluding hydrogens is 359 g/mol. The lowest BCUT2D eigenvalue weighted by Crippen LogP contribution is -2.51. The minimum absolute atomic E-state index is 0. The van der Waals surface area contributed by atoms with Crippen LogP contribution in [0.15, 0.2) is 17.0 Å². The summed E-state index contributed by atoms with van der Waals surface area (Å²) >= 11 is 6.19. The smallest absolute Gasteiger partial charge is 0.240 e. The van der Waals surface area contributed by atoms with Gasteiger partial charge in [0.15, 0.2) is 0 Å². The average molecular weight is 381 g/mol. The summed E-state index contributed by atoms with van der Waals surface area (Å²) in [6.07, 6.45) is 2.51. The molecule has 2 aliphatic heterocycles. The van der Waals surface area contributed by atoms with Crippen molar-refractivity contribution in [1.82, 2.24) is 10.0 Å². The van der Waals surface area contributed by atoms with Gasteiger partial charge in [0.25, 0.3) is 0 Å². The monoisotopic (exact) mass is 380 g/mol. The van der Waals surface area contributed by atoms with E-state index in [9.17, 15) is 8.42 Å². The van der Waals surface area contributed by atoms with Crippen LogP contribution < -0.4 is 14.8 Å². The van der Waals surface area contributed by atoms with E-state index in [1.54, 1.807) is 6.07 Å². The number of nitrogens with one attached hydrogen (secondary N) is 2. The third kappa shape index (κ3) is 3.94. The maximum Gasteiger partial charge on any atom is 0.240 e. The summed E-state index contributed by atoms with van der Waals surface area (Å²) in [7, 11) is -3.58. The molecule has 3 unspecified atom stereocenters. The van der Waals surface area contributed by atoms with Gasteiger partial charge in [-0.2, -0.15) is 0 Å². The van der Waals surface area contributed by atoms with Crippen LogP contribution in [0.5, 0.6) is 5.75 Å². The number of hydrogen-bond donors (Lipinski definition) is 2. The van der Waals surface area contributed by atoms with Gasteiger partial charge in [0.05, 0.1) is 9.92 Å². The van der Waals surface area contributed by atoms with Crippen LogP contribution in [0.4, 0.5) is 0 Å². The highest BCUT2D eigenvalue weighted by Crippen LogP contribution is 2.38. The van der Waals surface area contributed by atoms with Crippen LogP contribution in [0, 0.1) is 0 Å². The van der Waals surface area contributed by atoms with E-state index in [0.717, 1.165) is 24.9 Å². The topological polar surface area (TPSA) is 67.4 Å². The van der Waals surface area contributed by atoms with E-state index in [1.165, 1.54) is 6.07 Å². The van der Waals surface area contributed by atoms with E-state index in [4.69, 9.17) is 16.3 Å². The molecule has 3 rings (SSSR count). The van der Waals surface area contributed by atoms with Gasteiger partial charge >= 0.3 is 0 Å². The summed E-state index contributed by atoms with van der Waals surface area (Å²) in [5.41, 5.74) is 0.857. The molecule has 1 aromatic rings. The van der Waals surface area contributed by atoms with Crippen LogP contribution in [-0.4, -0.2) is 33.2 Å².